The van der Waals surface area contributed by atoms with Gasteiger partial charge in [-0.1, -0.05) is 63.6 Å². The van der Waals surface area contributed by atoms with Crippen molar-refractivity contribution in [1.82, 2.24) is 0 Å². The van der Waals surface area contributed by atoms with Gasteiger partial charge in [0.1, 0.15) is 0 Å². The van der Waals surface area contributed by atoms with Gasteiger partial charge in [-0.15, -0.1) is 0 Å². The summed E-state index contributed by atoms with van der Waals surface area (Å²) in [6, 6.07) is 0. The summed E-state index contributed by atoms with van der Waals surface area (Å²) < 4.78 is 0. The van der Waals surface area contributed by atoms with Gasteiger partial charge in [-0.2, -0.15) is 0 Å². The first kappa shape index (κ1) is 22.3. The van der Waals surface area contributed by atoms with Crippen LogP contribution in [0.5, 0.6) is 0 Å². The number of allylic oxidation sites excluding steroid dienone is 6. The molecule has 0 radical (unpaired) electrons. The molecule has 0 aromatic heterocycles. The van der Waals surface area contributed by atoms with Crippen molar-refractivity contribution in [2.75, 3.05) is 0 Å². The molecule has 29 heavy (non-hydrogen) atoms. The molecular formula is C27H40O2. The number of ketones is 1. The lowest BCUT2D eigenvalue weighted by Gasteiger charge is -2.44. The molecule has 0 aliphatic heterocycles. The zero-order valence-corrected chi connectivity index (χ0v) is 18.9. The van der Waals surface area contributed by atoms with E-state index >= 15 is 0 Å². The molecule has 3 rings (SSSR count). The van der Waals surface area contributed by atoms with E-state index in [1.807, 2.05) is 19.9 Å². The van der Waals surface area contributed by atoms with E-state index in [-0.39, 0.29) is 17.8 Å². The van der Waals surface area contributed by atoms with Crippen LogP contribution in [0.3, 0.4) is 0 Å². The van der Waals surface area contributed by atoms with E-state index < -0.39 is 0 Å². The van der Waals surface area contributed by atoms with Crippen LogP contribution in [0.1, 0.15) is 79.1 Å². The summed E-state index contributed by atoms with van der Waals surface area (Å²) in [5.41, 5.74) is 4.36. The highest BCUT2D eigenvalue weighted by atomic mass is 16.3. The molecule has 0 saturated heterocycles. The molecule has 0 amide bonds. The van der Waals surface area contributed by atoms with Crippen LogP contribution in [0, 0.1) is 29.1 Å². The molecule has 160 valence electrons. The van der Waals surface area contributed by atoms with E-state index in [0.717, 1.165) is 19.3 Å². The predicted octanol–water partition coefficient (Wildman–Crippen LogP) is 6.57. The van der Waals surface area contributed by atoms with E-state index in [1.54, 1.807) is 5.57 Å². The minimum absolute atomic E-state index is 0.0793. The van der Waals surface area contributed by atoms with Crippen LogP contribution in [-0.4, -0.2) is 17.0 Å². The number of hydrogen-bond donors (Lipinski definition) is 1. The highest BCUT2D eigenvalue weighted by molar-refractivity contribution is 5.91. The maximum atomic E-state index is 12.0. The highest BCUT2D eigenvalue weighted by Gasteiger charge is 2.50. The number of carbonyl (C=O) groups is 1. The molecule has 0 aromatic carbocycles. The van der Waals surface area contributed by atoms with Crippen LogP contribution in [0.25, 0.3) is 0 Å². The van der Waals surface area contributed by atoms with Crippen LogP contribution >= 0.6 is 0 Å². The van der Waals surface area contributed by atoms with E-state index in [1.165, 1.54) is 43.3 Å². The second-order valence-electron chi connectivity index (χ2n) is 10.3. The Balaban J connectivity index is 1.76. The summed E-state index contributed by atoms with van der Waals surface area (Å²) in [5, 5.41) is 10.0. The summed E-state index contributed by atoms with van der Waals surface area (Å²) in [7, 11) is 0. The first-order chi connectivity index (χ1) is 13.7. The van der Waals surface area contributed by atoms with Crippen molar-refractivity contribution in [2.45, 2.75) is 85.2 Å². The first-order valence-corrected chi connectivity index (χ1v) is 11.7. The van der Waals surface area contributed by atoms with Gasteiger partial charge in [0.05, 0.1) is 6.10 Å². The standard InChI is InChI=1S/C27H40O2/c1-18(2)26(29)15-9-20(4)24-13-14-25-21(7-6-16-27(24,25)5)10-11-22-17-23(28)12-8-19(22)3/h9-11,15,18,20,23-25,28H,3,6-8,12-14,16-17H2,1-2,4-5H3/b15-9?,21-10?,22-11-/t20-,23+,24-,25?,27-/m1/s1. The molecule has 1 unspecified atom stereocenters. The van der Waals surface area contributed by atoms with Gasteiger partial charge < -0.3 is 5.11 Å². The molecule has 0 aromatic rings. The Bertz CT molecular complexity index is 723. The minimum Gasteiger partial charge on any atom is -0.393 e. The van der Waals surface area contributed by atoms with Gasteiger partial charge in [-0.25, -0.2) is 0 Å². The fraction of sp³-hybridized carbons (Fsp3) is 0.667. The van der Waals surface area contributed by atoms with Gasteiger partial charge >= 0.3 is 0 Å². The second-order valence-corrected chi connectivity index (χ2v) is 10.3. The Morgan fingerprint density at radius 3 is 2.66 bits per heavy atom. The number of carbonyl (C=O) groups excluding carboxylic acids is 1. The first-order valence-electron chi connectivity index (χ1n) is 11.7. The van der Waals surface area contributed by atoms with Crippen molar-refractivity contribution in [3.8, 4) is 0 Å². The van der Waals surface area contributed by atoms with Crippen LogP contribution in [0.4, 0.5) is 0 Å². The Hall–Kier alpha value is -1.41. The van der Waals surface area contributed by atoms with Crippen LogP contribution in [0.15, 0.2) is 47.6 Å². The minimum atomic E-state index is -0.209. The Morgan fingerprint density at radius 2 is 1.93 bits per heavy atom. The summed E-state index contributed by atoms with van der Waals surface area (Å²) in [5.74, 6) is 2.06. The number of aliphatic hydroxyl groups excluding tert-OH is 1. The lowest BCUT2D eigenvalue weighted by atomic mass is 9.61. The fourth-order valence-corrected chi connectivity index (χ4v) is 6.11. The summed E-state index contributed by atoms with van der Waals surface area (Å²) in [6.07, 6.45) is 17.2. The Morgan fingerprint density at radius 1 is 1.17 bits per heavy atom. The molecule has 0 spiro atoms. The normalized spacial score (nSPS) is 36.9. The monoisotopic (exact) mass is 396 g/mol. The molecule has 5 atom stereocenters. The lowest BCUT2D eigenvalue weighted by Crippen LogP contribution is -2.35. The number of aliphatic hydroxyl groups is 1. The fourth-order valence-electron chi connectivity index (χ4n) is 6.11. The lowest BCUT2D eigenvalue weighted by molar-refractivity contribution is -0.117. The van der Waals surface area contributed by atoms with Gasteiger partial charge in [0.25, 0.3) is 0 Å². The molecule has 3 aliphatic rings. The van der Waals surface area contributed by atoms with Crippen LogP contribution in [-0.2, 0) is 4.79 Å². The van der Waals surface area contributed by atoms with Crippen molar-refractivity contribution >= 4 is 5.78 Å². The average molecular weight is 397 g/mol. The second kappa shape index (κ2) is 9.16. The molecule has 2 heteroatoms. The third-order valence-corrected chi connectivity index (χ3v) is 7.99. The molecular weight excluding hydrogens is 356 g/mol. The third kappa shape index (κ3) is 4.85. The largest absolute Gasteiger partial charge is 0.393 e. The van der Waals surface area contributed by atoms with E-state index in [0.29, 0.717) is 23.2 Å². The van der Waals surface area contributed by atoms with Gasteiger partial charge in [0.2, 0.25) is 0 Å². The Kier molecular flexibility index (Phi) is 7.04. The summed E-state index contributed by atoms with van der Waals surface area (Å²) >= 11 is 0. The molecule has 2 nitrogen and oxygen atoms in total. The zero-order valence-electron chi connectivity index (χ0n) is 18.9. The zero-order chi connectivity index (χ0) is 21.2. The smallest absolute Gasteiger partial charge is 0.157 e. The topological polar surface area (TPSA) is 37.3 Å². The van der Waals surface area contributed by atoms with Gasteiger partial charge in [-0.3, -0.25) is 4.79 Å². The number of hydrogen-bond acceptors (Lipinski definition) is 2. The van der Waals surface area contributed by atoms with E-state index in [9.17, 15) is 9.90 Å². The maximum Gasteiger partial charge on any atom is 0.157 e. The summed E-state index contributed by atoms with van der Waals surface area (Å²) in [6.45, 7) is 12.9. The quantitative estimate of drug-likeness (QED) is 0.533. The molecule has 3 aliphatic carbocycles. The summed E-state index contributed by atoms with van der Waals surface area (Å²) in [4.78, 5) is 12.0. The van der Waals surface area contributed by atoms with Gasteiger partial charge in [-0.05, 0) is 86.2 Å². The van der Waals surface area contributed by atoms with Gasteiger partial charge in [0.15, 0.2) is 5.78 Å². The SMILES string of the molecule is C=C1CC[C@H](O)C/C1=C/C=C1CCC[C@@]2(C)C1CC[C@@H]2[C@H](C)C=CC(=O)C(C)C. The Labute approximate surface area is 177 Å². The van der Waals surface area contributed by atoms with Crippen molar-refractivity contribution in [1.29, 1.82) is 0 Å². The maximum absolute atomic E-state index is 12.0. The molecule has 0 bridgehead atoms. The molecule has 1 N–H and O–H groups in total. The molecule has 3 fully saturated rings. The van der Waals surface area contributed by atoms with Gasteiger partial charge in [0, 0.05) is 5.92 Å². The third-order valence-electron chi connectivity index (χ3n) is 7.99. The van der Waals surface area contributed by atoms with Crippen molar-refractivity contribution in [3.05, 3.63) is 47.6 Å². The molecule has 0 heterocycles. The van der Waals surface area contributed by atoms with Crippen molar-refractivity contribution in [3.63, 3.8) is 0 Å². The van der Waals surface area contributed by atoms with Crippen LogP contribution in [0.2, 0.25) is 0 Å². The number of fused-ring (bicyclic) bond motifs is 1. The van der Waals surface area contributed by atoms with E-state index in [2.05, 4.69) is 38.7 Å². The van der Waals surface area contributed by atoms with Crippen molar-refractivity contribution < 1.29 is 9.90 Å². The van der Waals surface area contributed by atoms with Crippen LogP contribution < -0.4 is 0 Å². The van der Waals surface area contributed by atoms with Crippen molar-refractivity contribution in [2.24, 2.45) is 29.1 Å². The predicted molar refractivity (Wildman–Crippen MR) is 121 cm³/mol. The molecule has 3 saturated carbocycles. The number of rotatable bonds is 5. The highest BCUT2D eigenvalue weighted by Crippen LogP contribution is 2.59. The van der Waals surface area contributed by atoms with E-state index in [4.69, 9.17) is 0 Å². The average Bonchev–Trinajstić information content (AvgIpc) is 3.04.